The average Bonchev–Trinajstić information content (AvgIpc) is 3.18. The van der Waals surface area contributed by atoms with E-state index >= 15 is 0 Å². The Morgan fingerprint density at radius 1 is 0.346 bits per heavy atom. The summed E-state index contributed by atoms with van der Waals surface area (Å²) >= 11 is 0. The normalized spacial score (nSPS) is 12.1. The Balaban J connectivity index is 1.37. The molecule has 1 nitrogen and oxygen atoms in total. The zero-order valence-electron chi connectivity index (χ0n) is 29.6. The van der Waals surface area contributed by atoms with E-state index in [2.05, 4.69) is 191 Å². The van der Waals surface area contributed by atoms with Crippen LogP contribution in [0.25, 0.3) is 98.3 Å². The molecule has 0 N–H and O–H groups in total. The Morgan fingerprint density at radius 2 is 0.846 bits per heavy atom. The monoisotopic (exact) mass is 663 g/mol. The largest absolute Gasteiger partial charge is 0.247 e. The van der Waals surface area contributed by atoms with Crippen LogP contribution < -0.4 is 0 Å². The van der Waals surface area contributed by atoms with Gasteiger partial charge in [-0.25, -0.2) is 4.98 Å². The minimum atomic E-state index is -0.000416. The summed E-state index contributed by atoms with van der Waals surface area (Å²) in [5, 5.41) is 13.6. The summed E-state index contributed by atoms with van der Waals surface area (Å²) in [5.41, 5.74) is 9.44. The lowest BCUT2D eigenvalue weighted by molar-refractivity contribution is 0.591. The van der Waals surface area contributed by atoms with E-state index < -0.39 is 0 Å². The third-order valence-corrected chi connectivity index (χ3v) is 10.9. The van der Waals surface area contributed by atoms with Gasteiger partial charge in [-0.15, -0.1) is 0 Å². The van der Waals surface area contributed by atoms with Gasteiger partial charge in [0.25, 0.3) is 0 Å². The number of para-hydroxylation sites is 1. The van der Waals surface area contributed by atoms with Gasteiger partial charge in [-0.05, 0) is 112 Å². The van der Waals surface area contributed by atoms with Gasteiger partial charge >= 0.3 is 0 Å². The Hall–Kier alpha value is -6.31. The predicted octanol–water partition coefficient (Wildman–Crippen LogP) is 14.3. The lowest BCUT2D eigenvalue weighted by Crippen LogP contribution is -2.10. The quantitative estimate of drug-likeness (QED) is 0.135. The number of fused-ring (bicyclic) bond motifs is 7. The molecule has 0 amide bonds. The van der Waals surface area contributed by atoms with E-state index in [9.17, 15) is 0 Å². The van der Waals surface area contributed by atoms with Crippen molar-refractivity contribution in [1.82, 2.24) is 4.98 Å². The summed E-state index contributed by atoms with van der Waals surface area (Å²) in [7, 11) is 0. The first-order valence-electron chi connectivity index (χ1n) is 18.2. The molecule has 0 fully saturated rings. The summed E-state index contributed by atoms with van der Waals surface area (Å²) in [6, 6.07) is 62.7. The topological polar surface area (TPSA) is 12.9 Å². The second-order valence-corrected chi connectivity index (χ2v) is 15.2. The van der Waals surface area contributed by atoms with Crippen LogP contribution in [0.5, 0.6) is 0 Å². The zero-order chi connectivity index (χ0) is 35.0. The van der Waals surface area contributed by atoms with E-state index in [1.165, 1.54) is 81.7 Å². The van der Waals surface area contributed by atoms with Crippen LogP contribution in [0, 0.1) is 0 Å². The van der Waals surface area contributed by atoms with Gasteiger partial charge in [0, 0.05) is 16.3 Å². The summed E-state index contributed by atoms with van der Waals surface area (Å²) < 4.78 is 0. The molecule has 52 heavy (non-hydrogen) atoms. The number of hydrogen-bond donors (Lipinski definition) is 0. The first kappa shape index (κ1) is 30.5. The Labute approximate surface area is 303 Å². The molecular weight excluding hydrogens is 627 g/mol. The first-order chi connectivity index (χ1) is 25.4. The molecular formula is C51H37N. The van der Waals surface area contributed by atoms with Crippen molar-refractivity contribution in [3.05, 3.63) is 175 Å². The Bertz CT molecular complexity index is 3050. The highest BCUT2D eigenvalue weighted by Gasteiger charge is 2.22. The second kappa shape index (κ2) is 11.6. The van der Waals surface area contributed by atoms with Crippen molar-refractivity contribution >= 4 is 64.8 Å². The third kappa shape index (κ3) is 4.88. The summed E-state index contributed by atoms with van der Waals surface area (Å²) in [6.45, 7) is 6.92. The van der Waals surface area contributed by atoms with Crippen LogP contribution in [0.1, 0.15) is 26.3 Å². The van der Waals surface area contributed by atoms with Crippen molar-refractivity contribution in [3.63, 3.8) is 0 Å². The van der Waals surface area contributed by atoms with Gasteiger partial charge in [-0.1, -0.05) is 160 Å². The van der Waals surface area contributed by atoms with Crippen LogP contribution in [0.15, 0.2) is 170 Å². The summed E-state index contributed by atoms with van der Waals surface area (Å²) in [4.78, 5) is 5.34. The molecule has 0 spiro atoms. The third-order valence-electron chi connectivity index (χ3n) is 10.9. The lowest BCUT2D eigenvalue weighted by Gasteiger charge is -2.23. The molecule has 0 aliphatic heterocycles. The molecule has 0 saturated carbocycles. The van der Waals surface area contributed by atoms with Crippen LogP contribution in [-0.2, 0) is 5.41 Å². The standard InChI is InChI=1S/C51H37N/c1-51(2,3)39-25-27-43-46(31-39)49(37-23-21-33-13-5-7-15-35(33)29-37)42-26-24-38(30-45(42)48(43)36-22-20-32-12-4-6-14-34(32)28-36)50-44-18-9-8-16-40(44)41-17-10-11-19-47(41)52-50/h4-31H,1-3H3. The fourth-order valence-corrected chi connectivity index (χ4v) is 8.28. The number of nitrogens with zero attached hydrogens (tertiary/aromatic N) is 1. The molecule has 10 rings (SSSR count). The van der Waals surface area contributed by atoms with E-state index in [0.29, 0.717) is 0 Å². The molecule has 0 saturated heterocycles. The summed E-state index contributed by atoms with van der Waals surface area (Å²) in [6.07, 6.45) is 0. The minimum Gasteiger partial charge on any atom is -0.247 e. The lowest BCUT2D eigenvalue weighted by atomic mass is 9.80. The molecule has 0 radical (unpaired) electrons. The maximum absolute atomic E-state index is 5.34. The molecule has 9 aromatic carbocycles. The maximum atomic E-state index is 5.34. The van der Waals surface area contributed by atoms with Crippen LogP contribution in [0.2, 0.25) is 0 Å². The summed E-state index contributed by atoms with van der Waals surface area (Å²) in [5.74, 6) is 0. The molecule has 1 heterocycles. The molecule has 0 atom stereocenters. The van der Waals surface area contributed by atoms with Crippen molar-refractivity contribution in [2.24, 2.45) is 0 Å². The number of aromatic nitrogens is 1. The molecule has 0 bridgehead atoms. The molecule has 0 unspecified atom stereocenters. The fourth-order valence-electron chi connectivity index (χ4n) is 8.28. The van der Waals surface area contributed by atoms with Crippen LogP contribution in [0.4, 0.5) is 0 Å². The Kier molecular flexibility index (Phi) is 6.82. The zero-order valence-corrected chi connectivity index (χ0v) is 29.6. The predicted molar refractivity (Wildman–Crippen MR) is 224 cm³/mol. The van der Waals surface area contributed by atoms with Crippen LogP contribution in [0.3, 0.4) is 0 Å². The maximum Gasteiger partial charge on any atom is 0.0788 e. The van der Waals surface area contributed by atoms with Crippen molar-refractivity contribution in [3.8, 4) is 33.5 Å². The van der Waals surface area contributed by atoms with Gasteiger partial charge in [0.05, 0.1) is 11.2 Å². The second-order valence-electron chi connectivity index (χ2n) is 15.2. The number of benzene rings is 9. The smallest absolute Gasteiger partial charge is 0.0788 e. The molecule has 1 aromatic heterocycles. The van der Waals surface area contributed by atoms with E-state index in [4.69, 9.17) is 4.98 Å². The Morgan fingerprint density at radius 3 is 1.48 bits per heavy atom. The molecule has 10 aromatic rings. The van der Waals surface area contributed by atoms with Crippen LogP contribution in [-0.4, -0.2) is 4.98 Å². The van der Waals surface area contributed by atoms with Gasteiger partial charge in [0.2, 0.25) is 0 Å². The van der Waals surface area contributed by atoms with E-state index in [-0.39, 0.29) is 5.41 Å². The molecule has 0 aliphatic rings. The van der Waals surface area contributed by atoms with Gasteiger partial charge in [-0.2, -0.15) is 0 Å². The molecule has 1 heteroatoms. The average molecular weight is 664 g/mol. The van der Waals surface area contributed by atoms with Crippen molar-refractivity contribution in [1.29, 1.82) is 0 Å². The fraction of sp³-hybridized carbons (Fsp3) is 0.0784. The minimum absolute atomic E-state index is 0.000416. The van der Waals surface area contributed by atoms with Gasteiger partial charge < -0.3 is 0 Å². The van der Waals surface area contributed by atoms with Crippen LogP contribution >= 0.6 is 0 Å². The van der Waals surface area contributed by atoms with Gasteiger partial charge in [0.15, 0.2) is 0 Å². The van der Waals surface area contributed by atoms with Crippen molar-refractivity contribution < 1.29 is 0 Å². The number of rotatable bonds is 3. The molecule has 0 aliphatic carbocycles. The van der Waals surface area contributed by atoms with Crippen molar-refractivity contribution in [2.45, 2.75) is 26.2 Å². The number of pyridine rings is 1. The molecule has 246 valence electrons. The van der Waals surface area contributed by atoms with Gasteiger partial charge in [0.1, 0.15) is 0 Å². The van der Waals surface area contributed by atoms with Crippen molar-refractivity contribution in [2.75, 3.05) is 0 Å². The van der Waals surface area contributed by atoms with Gasteiger partial charge in [-0.3, -0.25) is 0 Å². The highest BCUT2D eigenvalue weighted by molar-refractivity contribution is 6.23. The SMILES string of the molecule is CC(C)(C)c1ccc2c(-c3ccc4ccccc4c3)c3cc(-c4nc5ccccc5c5ccccc45)ccc3c(-c3ccc4ccccc4c3)c2c1. The van der Waals surface area contributed by atoms with E-state index in [1.807, 2.05) is 0 Å². The number of hydrogen-bond acceptors (Lipinski definition) is 1. The van der Waals surface area contributed by atoms with E-state index in [1.54, 1.807) is 0 Å². The first-order valence-corrected chi connectivity index (χ1v) is 18.2. The van der Waals surface area contributed by atoms with E-state index in [0.717, 1.165) is 22.2 Å². The highest BCUT2D eigenvalue weighted by Crippen LogP contribution is 2.47. The highest BCUT2D eigenvalue weighted by atomic mass is 14.7.